The Morgan fingerprint density at radius 2 is 1.24 bits per heavy atom. The number of thiophene rings is 6. The molecule has 0 saturated heterocycles. The van der Waals surface area contributed by atoms with Gasteiger partial charge in [-0.05, 0) is 65.8 Å². The largest absolute Gasteiger partial charge is 0.320 e. The summed E-state index contributed by atoms with van der Waals surface area (Å²) in [5, 5.41) is 10.4. The lowest BCUT2D eigenvalue weighted by atomic mass is 10.1. The van der Waals surface area contributed by atoms with Gasteiger partial charge in [-0.2, -0.15) is 0 Å². The second-order valence-corrected chi connectivity index (χ2v) is 18.0. The fourth-order valence-electron chi connectivity index (χ4n) is 6.59. The predicted molar refractivity (Wildman–Crippen MR) is 204 cm³/mol. The van der Waals surface area contributed by atoms with Crippen LogP contribution in [0.15, 0.2) is 46.2 Å². The van der Waals surface area contributed by atoms with Crippen molar-refractivity contribution in [2.24, 2.45) is 0 Å². The van der Waals surface area contributed by atoms with Crippen LogP contribution in [-0.4, -0.2) is 11.8 Å². The zero-order chi connectivity index (χ0) is 31.4. The van der Waals surface area contributed by atoms with Crippen LogP contribution in [0.2, 0.25) is 0 Å². The van der Waals surface area contributed by atoms with E-state index in [1.54, 1.807) is 11.3 Å². The number of hydrogen-bond acceptors (Lipinski definition) is 8. The van der Waals surface area contributed by atoms with Gasteiger partial charge in [0.2, 0.25) is 0 Å². The van der Waals surface area contributed by atoms with Crippen LogP contribution < -0.4 is 10.6 Å². The van der Waals surface area contributed by atoms with Gasteiger partial charge >= 0.3 is 0 Å². The first kappa shape index (κ1) is 30.7. The number of carbonyl (C=O) groups is 2. The first-order valence-corrected chi connectivity index (χ1v) is 21.2. The number of amides is 2. The summed E-state index contributed by atoms with van der Waals surface area (Å²) in [7, 11) is 0. The Labute approximate surface area is 292 Å². The Balaban J connectivity index is 1.18. The fourth-order valence-corrected chi connectivity index (χ4v) is 14.5. The van der Waals surface area contributed by atoms with Crippen LogP contribution in [0.25, 0.3) is 49.3 Å². The number of aryl methyl sites for hydroxylation is 2. The molecule has 0 spiro atoms. The molecule has 2 N–H and O–H groups in total. The number of rotatable bonds is 13. The molecule has 6 aromatic heterocycles. The zero-order valence-electron chi connectivity index (χ0n) is 25.8. The van der Waals surface area contributed by atoms with Crippen molar-refractivity contribution in [2.75, 3.05) is 0 Å². The summed E-state index contributed by atoms with van der Waals surface area (Å²) in [5.74, 6) is -0.417. The molecular formula is C36H34N2O2S6. The minimum Gasteiger partial charge on any atom is -0.320 e. The van der Waals surface area contributed by atoms with Gasteiger partial charge in [-0.15, -0.1) is 68.0 Å². The monoisotopic (exact) mass is 718 g/mol. The first-order valence-electron chi connectivity index (χ1n) is 16.2. The number of carbonyl (C=O) groups excluding carboxylic acids is 2. The molecule has 0 aromatic carbocycles. The van der Waals surface area contributed by atoms with Crippen LogP contribution >= 0.6 is 68.0 Å². The van der Waals surface area contributed by atoms with E-state index in [2.05, 4.69) is 42.0 Å². The van der Waals surface area contributed by atoms with E-state index in [1.165, 1.54) is 118 Å². The second kappa shape index (κ2) is 12.8. The van der Waals surface area contributed by atoms with Crippen molar-refractivity contribution in [3.8, 4) is 9.75 Å². The third-order valence-corrected chi connectivity index (χ3v) is 16.6. The van der Waals surface area contributed by atoms with E-state index in [0.717, 1.165) is 16.2 Å². The smallest absolute Gasteiger partial charge is 0.258 e. The topological polar surface area (TPSA) is 58.2 Å². The lowest BCUT2D eigenvalue weighted by molar-refractivity contribution is -0.117. The summed E-state index contributed by atoms with van der Waals surface area (Å²) >= 11 is 11.1. The molecule has 0 atom stereocenters. The number of hydrogen-bond donors (Lipinski definition) is 2. The van der Waals surface area contributed by atoms with Crippen molar-refractivity contribution in [3.63, 3.8) is 0 Å². The summed E-state index contributed by atoms with van der Waals surface area (Å²) in [5.41, 5.74) is 5.22. The van der Waals surface area contributed by atoms with Gasteiger partial charge in [0.15, 0.2) is 0 Å². The molecule has 8 heterocycles. The summed E-state index contributed by atoms with van der Waals surface area (Å²) in [6, 6.07) is 8.15. The lowest BCUT2D eigenvalue weighted by Gasteiger charge is -2.05. The Bertz CT molecular complexity index is 2180. The molecule has 0 radical (unpaired) electrons. The van der Waals surface area contributed by atoms with Crippen LogP contribution in [0.5, 0.6) is 0 Å². The highest BCUT2D eigenvalue weighted by atomic mass is 32.1. The average molecular weight is 719 g/mol. The van der Waals surface area contributed by atoms with E-state index in [-0.39, 0.29) is 11.8 Å². The van der Waals surface area contributed by atoms with Gasteiger partial charge < -0.3 is 10.6 Å². The van der Waals surface area contributed by atoms with Gasteiger partial charge in [-0.3, -0.25) is 9.59 Å². The highest BCUT2D eigenvalue weighted by molar-refractivity contribution is 7.45. The molecule has 2 aliphatic heterocycles. The van der Waals surface area contributed by atoms with Crippen molar-refractivity contribution in [3.05, 3.63) is 67.1 Å². The maximum atomic E-state index is 13.2. The van der Waals surface area contributed by atoms with Gasteiger partial charge in [0.25, 0.3) is 11.8 Å². The van der Waals surface area contributed by atoms with E-state index in [9.17, 15) is 9.59 Å². The van der Waals surface area contributed by atoms with E-state index in [4.69, 9.17) is 0 Å². The molecule has 0 unspecified atom stereocenters. The van der Waals surface area contributed by atoms with Crippen LogP contribution in [0.4, 0.5) is 0 Å². The molecule has 8 rings (SSSR count). The third-order valence-electron chi connectivity index (χ3n) is 8.91. The summed E-state index contributed by atoms with van der Waals surface area (Å²) in [6.07, 6.45) is 12.4. The van der Waals surface area contributed by atoms with E-state index < -0.39 is 0 Å². The predicted octanol–water partition coefficient (Wildman–Crippen LogP) is 11.8. The molecule has 0 aliphatic carbocycles. The molecule has 0 bridgehead atoms. The van der Waals surface area contributed by atoms with Gasteiger partial charge in [0.1, 0.15) is 0 Å². The maximum Gasteiger partial charge on any atom is 0.258 e. The molecule has 46 heavy (non-hydrogen) atoms. The van der Waals surface area contributed by atoms with E-state index in [0.29, 0.717) is 22.5 Å². The molecule has 10 heteroatoms. The number of unbranched alkanes of at least 4 members (excludes halogenated alkanes) is 6. The Kier molecular flexibility index (Phi) is 8.54. The number of fused-ring (bicyclic) bond motifs is 6. The highest BCUT2D eigenvalue weighted by Crippen LogP contribution is 2.54. The van der Waals surface area contributed by atoms with Gasteiger partial charge in [0, 0.05) is 9.75 Å². The molecule has 236 valence electrons. The fraction of sp³-hybridized carbons (Fsp3) is 0.333. The van der Waals surface area contributed by atoms with Crippen LogP contribution in [0.1, 0.15) is 86.1 Å². The Morgan fingerprint density at radius 3 is 1.96 bits per heavy atom. The molecule has 6 aromatic rings. The summed E-state index contributed by atoms with van der Waals surface area (Å²) in [4.78, 5) is 30.8. The SMILES string of the molecule is CCCCCCc1csc2c1sc1c3sc(-c4ccc(C5=C6C(=O)NC(c7cccs7)=C6C(=O)N5)s4)c(CCCCCC)c3sc21. The second-order valence-electron chi connectivity index (χ2n) is 12.0. The maximum absolute atomic E-state index is 13.2. The average Bonchev–Trinajstić information content (AvgIpc) is 3.89. The molecule has 0 fully saturated rings. The van der Waals surface area contributed by atoms with Crippen molar-refractivity contribution in [1.29, 1.82) is 0 Å². The Morgan fingerprint density at radius 1 is 0.587 bits per heavy atom. The zero-order valence-corrected chi connectivity index (χ0v) is 30.7. The number of nitrogens with one attached hydrogen (secondary N) is 2. The van der Waals surface area contributed by atoms with Gasteiger partial charge in [0.05, 0.1) is 60.5 Å². The van der Waals surface area contributed by atoms with Crippen molar-refractivity contribution < 1.29 is 9.59 Å². The molecule has 2 aliphatic rings. The minimum absolute atomic E-state index is 0.209. The quantitative estimate of drug-likeness (QED) is 0.117. The summed E-state index contributed by atoms with van der Waals surface area (Å²) in [6.45, 7) is 4.55. The van der Waals surface area contributed by atoms with Crippen LogP contribution in [-0.2, 0) is 22.4 Å². The van der Waals surface area contributed by atoms with E-state index >= 15 is 0 Å². The molecule has 0 saturated carbocycles. The normalized spacial score (nSPS) is 15.0. The molecular weight excluding hydrogens is 685 g/mol. The van der Waals surface area contributed by atoms with Crippen LogP contribution in [0, 0.1) is 0 Å². The van der Waals surface area contributed by atoms with Gasteiger partial charge in [-0.25, -0.2) is 0 Å². The summed E-state index contributed by atoms with van der Waals surface area (Å²) < 4.78 is 8.84. The van der Waals surface area contributed by atoms with Gasteiger partial charge in [-0.1, -0.05) is 58.4 Å². The van der Waals surface area contributed by atoms with E-state index in [1.807, 2.05) is 62.9 Å². The lowest BCUT2D eigenvalue weighted by Crippen LogP contribution is -2.20. The first-order chi connectivity index (χ1) is 22.6. The molecule has 2 amide bonds. The minimum atomic E-state index is -0.209. The van der Waals surface area contributed by atoms with Crippen molar-refractivity contribution in [2.45, 2.75) is 78.1 Å². The standard InChI is InChI=1S/C36H34N2O2S6/c1-3-5-7-9-12-19-18-42-31-28(19)44-34-32-30(46-33(31)34)20(13-10-8-6-4-2)29(45-32)23-16-15-22(43-23)27-25-24(35(39)38-27)26(37-36(25)40)21-14-11-17-41-21/h11,14-18H,3-10,12-13H2,1-2H3,(H,37,40)(H,38,39). The van der Waals surface area contributed by atoms with Crippen LogP contribution in [0.3, 0.4) is 0 Å². The van der Waals surface area contributed by atoms with Crippen molar-refractivity contribution in [1.82, 2.24) is 10.6 Å². The highest BCUT2D eigenvalue weighted by Gasteiger charge is 2.41. The van der Waals surface area contributed by atoms with Crippen molar-refractivity contribution >= 4 is 119 Å². The molecule has 4 nitrogen and oxygen atoms in total. The third kappa shape index (κ3) is 5.16. The Hall–Kier alpha value is -2.60.